The van der Waals surface area contributed by atoms with Crippen LogP contribution in [0.3, 0.4) is 0 Å². The van der Waals surface area contributed by atoms with E-state index in [1.807, 2.05) is 20.8 Å². The number of aromatic amines is 1. The van der Waals surface area contributed by atoms with Gasteiger partial charge in [-0.3, -0.25) is 0 Å². The average molecular weight is 324 g/mol. The molecule has 0 bridgehead atoms. The van der Waals surface area contributed by atoms with Crippen LogP contribution in [0.2, 0.25) is 0 Å². The lowest BCUT2D eigenvalue weighted by Gasteiger charge is -2.15. The Morgan fingerprint density at radius 2 is 1.55 bits per heavy atom. The van der Waals surface area contributed by atoms with E-state index in [1.165, 1.54) is 0 Å². The quantitative estimate of drug-likeness (QED) is 0.719. The maximum atomic E-state index is 13.0. The minimum Gasteiger partial charge on any atom is -0.342 e. The van der Waals surface area contributed by atoms with Gasteiger partial charge < -0.3 is 4.98 Å². The number of fused-ring (bicyclic) bond motifs is 1. The van der Waals surface area contributed by atoms with E-state index in [2.05, 4.69) is 9.97 Å². The number of halogens is 6. The van der Waals surface area contributed by atoms with E-state index in [-0.39, 0.29) is 22.8 Å². The highest BCUT2D eigenvalue weighted by molar-refractivity contribution is 5.80. The third-order valence-electron chi connectivity index (χ3n) is 2.97. The summed E-state index contributed by atoms with van der Waals surface area (Å²) in [4.78, 5) is 6.41. The molecule has 8 heteroatoms. The van der Waals surface area contributed by atoms with Gasteiger partial charge in [0.2, 0.25) is 0 Å². The second-order valence-electron chi connectivity index (χ2n) is 6.34. The predicted molar refractivity (Wildman–Crippen MR) is 69.3 cm³/mol. The number of alkyl halides is 6. The molecule has 0 unspecified atom stereocenters. The molecular formula is C14H14F6N2. The molecule has 0 spiro atoms. The lowest BCUT2D eigenvalue weighted by atomic mass is 9.92. The first-order chi connectivity index (χ1) is 9.77. The van der Waals surface area contributed by atoms with E-state index in [4.69, 9.17) is 0 Å². The molecule has 1 heterocycles. The van der Waals surface area contributed by atoms with Gasteiger partial charge in [-0.15, -0.1) is 0 Å². The Morgan fingerprint density at radius 1 is 0.955 bits per heavy atom. The molecule has 0 saturated heterocycles. The molecule has 122 valence electrons. The third kappa shape index (κ3) is 3.53. The number of nitrogens with zero attached hydrogens (tertiary/aromatic N) is 1. The van der Waals surface area contributed by atoms with Gasteiger partial charge in [-0.25, -0.2) is 4.98 Å². The van der Waals surface area contributed by atoms with Gasteiger partial charge in [0.25, 0.3) is 0 Å². The monoisotopic (exact) mass is 324 g/mol. The summed E-state index contributed by atoms with van der Waals surface area (Å²) in [5, 5.41) is 0. The van der Waals surface area contributed by atoms with E-state index in [9.17, 15) is 26.3 Å². The molecule has 1 N–H and O–H groups in total. The molecule has 0 aliphatic heterocycles. The van der Waals surface area contributed by atoms with Crippen LogP contribution in [0, 0.1) is 5.41 Å². The zero-order valence-electron chi connectivity index (χ0n) is 12.1. The number of hydrogen-bond acceptors (Lipinski definition) is 1. The molecular weight excluding hydrogens is 310 g/mol. The van der Waals surface area contributed by atoms with Crippen molar-refractivity contribution < 1.29 is 26.3 Å². The molecule has 2 nitrogen and oxygen atoms in total. The van der Waals surface area contributed by atoms with Crippen molar-refractivity contribution in [3.8, 4) is 0 Å². The molecule has 0 saturated carbocycles. The Hall–Kier alpha value is -1.73. The maximum absolute atomic E-state index is 13.0. The lowest BCUT2D eigenvalue weighted by Crippen LogP contribution is -2.11. The van der Waals surface area contributed by atoms with Crippen molar-refractivity contribution >= 4 is 11.0 Å². The van der Waals surface area contributed by atoms with E-state index in [1.54, 1.807) is 0 Å². The van der Waals surface area contributed by atoms with Crippen LogP contribution in [0.5, 0.6) is 0 Å². The Morgan fingerprint density at radius 3 is 2.00 bits per heavy atom. The largest absolute Gasteiger partial charge is 0.418 e. The van der Waals surface area contributed by atoms with Gasteiger partial charge in [0.15, 0.2) is 0 Å². The normalized spacial score (nSPS) is 13.9. The summed E-state index contributed by atoms with van der Waals surface area (Å²) in [5.41, 5.74) is -3.74. The molecule has 0 radical (unpaired) electrons. The van der Waals surface area contributed by atoms with Crippen molar-refractivity contribution in [1.29, 1.82) is 0 Å². The van der Waals surface area contributed by atoms with Crippen molar-refractivity contribution in [1.82, 2.24) is 9.97 Å². The lowest BCUT2D eigenvalue weighted by molar-refractivity contribution is -0.142. The van der Waals surface area contributed by atoms with Gasteiger partial charge in [0.1, 0.15) is 11.3 Å². The Kier molecular flexibility index (Phi) is 3.70. The predicted octanol–water partition coefficient (Wildman–Crippen LogP) is 5.19. The number of benzene rings is 1. The van der Waals surface area contributed by atoms with Crippen molar-refractivity contribution in [3.63, 3.8) is 0 Å². The van der Waals surface area contributed by atoms with Gasteiger partial charge in [-0.2, -0.15) is 26.3 Å². The van der Waals surface area contributed by atoms with E-state index in [0.717, 1.165) is 0 Å². The highest BCUT2D eigenvalue weighted by Gasteiger charge is 2.39. The van der Waals surface area contributed by atoms with Gasteiger partial charge >= 0.3 is 12.4 Å². The fourth-order valence-corrected chi connectivity index (χ4v) is 2.13. The molecule has 22 heavy (non-hydrogen) atoms. The topological polar surface area (TPSA) is 28.7 Å². The first-order valence-electron chi connectivity index (χ1n) is 6.44. The first kappa shape index (κ1) is 16.6. The summed E-state index contributed by atoms with van der Waals surface area (Å²) in [6, 6.07) is 0.758. The minimum absolute atomic E-state index is 0.101. The summed E-state index contributed by atoms with van der Waals surface area (Å²) in [6.45, 7) is 5.56. The molecule has 2 aromatic rings. The number of hydrogen-bond donors (Lipinski definition) is 1. The Labute approximate surface area is 122 Å². The highest BCUT2D eigenvalue weighted by Crippen LogP contribution is 2.39. The third-order valence-corrected chi connectivity index (χ3v) is 2.97. The number of nitrogens with one attached hydrogen (secondary N) is 1. The Bertz CT molecular complexity index is 688. The molecule has 0 atom stereocenters. The van der Waals surface area contributed by atoms with Gasteiger partial charge in [0, 0.05) is 6.42 Å². The van der Waals surface area contributed by atoms with Crippen molar-refractivity contribution in [3.05, 3.63) is 29.1 Å². The second kappa shape index (κ2) is 4.89. The van der Waals surface area contributed by atoms with Crippen LogP contribution in [-0.2, 0) is 18.8 Å². The molecule has 0 aliphatic carbocycles. The molecule has 0 fully saturated rings. The van der Waals surface area contributed by atoms with Crippen LogP contribution in [0.4, 0.5) is 26.3 Å². The number of imidazole rings is 1. The van der Waals surface area contributed by atoms with Crippen LogP contribution in [0.25, 0.3) is 11.0 Å². The smallest absolute Gasteiger partial charge is 0.342 e. The van der Waals surface area contributed by atoms with E-state index >= 15 is 0 Å². The average Bonchev–Trinajstić information content (AvgIpc) is 2.63. The van der Waals surface area contributed by atoms with Crippen molar-refractivity contribution in [2.75, 3.05) is 0 Å². The molecule has 1 aromatic heterocycles. The molecule has 2 rings (SSSR count). The van der Waals surface area contributed by atoms with Crippen LogP contribution in [-0.4, -0.2) is 9.97 Å². The summed E-state index contributed by atoms with van der Waals surface area (Å²) in [7, 11) is 0. The van der Waals surface area contributed by atoms with Gasteiger partial charge in [0.05, 0.1) is 16.6 Å². The van der Waals surface area contributed by atoms with E-state index in [0.29, 0.717) is 12.5 Å². The molecule has 0 amide bonds. The maximum Gasteiger partial charge on any atom is 0.418 e. The second-order valence-corrected chi connectivity index (χ2v) is 6.34. The summed E-state index contributed by atoms with van der Waals surface area (Å²) in [5.74, 6) is 0.229. The van der Waals surface area contributed by atoms with Gasteiger partial charge in [-0.1, -0.05) is 20.8 Å². The first-order valence-corrected chi connectivity index (χ1v) is 6.44. The highest BCUT2D eigenvalue weighted by atomic mass is 19.4. The SMILES string of the molecule is CC(C)(C)Cc1nc2c(C(F)(F)F)cc(C(F)(F)F)cc2[nH]1. The molecule has 1 aromatic carbocycles. The Balaban J connectivity index is 2.68. The van der Waals surface area contributed by atoms with Gasteiger partial charge in [-0.05, 0) is 17.5 Å². The van der Waals surface area contributed by atoms with Crippen molar-refractivity contribution in [2.45, 2.75) is 39.5 Å². The standard InChI is InChI=1S/C14H14F6N2/c1-12(2,3)6-10-21-9-5-7(13(15,16)17)4-8(11(9)22-10)14(18,19)20/h4-5H,6H2,1-3H3,(H,21,22). The van der Waals surface area contributed by atoms with Crippen LogP contribution in [0.1, 0.15) is 37.7 Å². The fraction of sp³-hybridized carbons (Fsp3) is 0.500. The van der Waals surface area contributed by atoms with Crippen LogP contribution >= 0.6 is 0 Å². The summed E-state index contributed by atoms with van der Waals surface area (Å²) >= 11 is 0. The zero-order valence-corrected chi connectivity index (χ0v) is 12.1. The summed E-state index contributed by atoms with van der Waals surface area (Å²) in [6.07, 6.45) is -9.45. The zero-order chi connectivity index (χ0) is 16.9. The number of aromatic nitrogens is 2. The van der Waals surface area contributed by atoms with Crippen LogP contribution < -0.4 is 0 Å². The van der Waals surface area contributed by atoms with E-state index < -0.39 is 29.0 Å². The number of H-pyrrole nitrogens is 1. The molecule has 0 aliphatic rings. The number of rotatable bonds is 1. The van der Waals surface area contributed by atoms with Crippen molar-refractivity contribution in [2.24, 2.45) is 5.41 Å². The van der Waals surface area contributed by atoms with Crippen LogP contribution in [0.15, 0.2) is 12.1 Å². The fourth-order valence-electron chi connectivity index (χ4n) is 2.13. The minimum atomic E-state index is -4.91. The summed E-state index contributed by atoms with van der Waals surface area (Å²) < 4.78 is 77.3.